The maximum atomic E-state index is 5.00. The van der Waals surface area contributed by atoms with Gasteiger partial charge in [0.15, 0.2) is 0 Å². The third-order valence-corrected chi connectivity index (χ3v) is 4.80. The van der Waals surface area contributed by atoms with Gasteiger partial charge in [-0.1, -0.05) is 73.5 Å². The Bertz CT molecular complexity index is 807. The van der Waals surface area contributed by atoms with Crippen LogP contribution in [0.5, 0.6) is 0 Å². The number of rotatable bonds is 3. The molecular formula is C22H23N3. The summed E-state index contributed by atoms with van der Waals surface area (Å²) in [4.78, 5) is 12.1. The summed E-state index contributed by atoms with van der Waals surface area (Å²) >= 11 is 0. The minimum absolute atomic E-state index is 0.862. The molecule has 1 saturated heterocycles. The Hall–Kier alpha value is -2.68. The van der Waals surface area contributed by atoms with Crippen LogP contribution >= 0.6 is 0 Å². The van der Waals surface area contributed by atoms with Crippen molar-refractivity contribution in [3.8, 4) is 22.4 Å². The highest BCUT2D eigenvalue weighted by molar-refractivity contribution is 5.80. The van der Waals surface area contributed by atoms with Gasteiger partial charge in [0.25, 0.3) is 0 Å². The summed E-state index contributed by atoms with van der Waals surface area (Å²) in [5.74, 6) is 0.862. The second-order valence-corrected chi connectivity index (χ2v) is 6.57. The lowest BCUT2D eigenvalue weighted by Gasteiger charge is -2.21. The van der Waals surface area contributed by atoms with Gasteiger partial charge in [0.05, 0.1) is 5.69 Å². The first-order valence-electron chi connectivity index (χ1n) is 9.15. The first-order valence-corrected chi connectivity index (χ1v) is 9.15. The minimum Gasteiger partial charge on any atom is -0.341 e. The normalized spacial score (nSPS) is 15.0. The van der Waals surface area contributed by atoms with Gasteiger partial charge >= 0.3 is 0 Å². The molecule has 2 heterocycles. The van der Waals surface area contributed by atoms with Gasteiger partial charge in [0.1, 0.15) is 0 Å². The molecule has 1 aliphatic heterocycles. The van der Waals surface area contributed by atoms with Gasteiger partial charge in [-0.2, -0.15) is 0 Å². The third-order valence-electron chi connectivity index (χ3n) is 4.80. The first-order chi connectivity index (χ1) is 12.4. The molecular weight excluding hydrogens is 306 g/mol. The Morgan fingerprint density at radius 2 is 1.28 bits per heavy atom. The van der Waals surface area contributed by atoms with Crippen LogP contribution in [-0.4, -0.2) is 23.1 Å². The van der Waals surface area contributed by atoms with Gasteiger partial charge < -0.3 is 4.90 Å². The highest BCUT2D eigenvalue weighted by Gasteiger charge is 2.16. The van der Waals surface area contributed by atoms with E-state index in [0.717, 1.165) is 41.4 Å². The number of aromatic nitrogens is 2. The highest BCUT2D eigenvalue weighted by Crippen LogP contribution is 2.31. The van der Waals surface area contributed by atoms with E-state index >= 15 is 0 Å². The van der Waals surface area contributed by atoms with Crippen molar-refractivity contribution in [1.29, 1.82) is 0 Å². The molecule has 0 spiro atoms. The average molecular weight is 329 g/mol. The van der Waals surface area contributed by atoms with Crippen molar-refractivity contribution in [2.45, 2.75) is 25.7 Å². The van der Waals surface area contributed by atoms with Gasteiger partial charge in [-0.3, -0.25) is 0 Å². The molecule has 0 radical (unpaired) electrons. The fourth-order valence-electron chi connectivity index (χ4n) is 3.44. The number of benzene rings is 2. The Balaban J connectivity index is 1.80. The quantitative estimate of drug-likeness (QED) is 0.662. The monoisotopic (exact) mass is 329 g/mol. The zero-order valence-corrected chi connectivity index (χ0v) is 14.4. The molecule has 4 rings (SSSR count). The second-order valence-electron chi connectivity index (χ2n) is 6.57. The van der Waals surface area contributed by atoms with E-state index in [4.69, 9.17) is 9.97 Å². The number of anilines is 1. The fraction of sp³-hybridized carbons (Fsp3) is 0.273. The predicted molar refractivity (Wildman–Crippen MR) is 104 cm³/mol. The standard InChI is InChI=1S/C22H23N3/c1-2-10-16-25(15-9-1)22-23-17-20(18-11-5-3-6-12-18)21(24-22)19-13-7-4-8-14-19/h3-8,11-14,17H,1-2,9-10,15-16H2. The second kappa shape index (κ2) is 7.47. The molecule has 0 amide bonds. The summed E-state index contributed by atoms with van der Waals surface area (Å²) in [6.07, 6.45) is 7.06. The van der Waals surface area contributed by atoms with Crippen LogP contribution in [0.4, 0.5) is 5.95 Å². The van der Waals surface area contributed by atoms with Crippen LogP contribution < -0.4 is 4.90 Å². The Kier molecular flexibility index (Phi) is 4.73. The van der Waals surface area contributed by atoms with E-state index in [1.807, 2.05) is 18.3 Å². The van der Waals surface area contributed by atoms with Crippen molar-refractivity contribution in [3.63, 3.8) is 0 Å². The van der Waals surface area contributed by atoms with Crippen LogP contribution in [0.3, 0.4) is 0 Å². The van der Waals surface area contributed by atoms with E-state index in [0.29, 0.717) is 0 Å². The summed E-state index contributed by atoms with van der Waals surface area (Å²) in [7, 11) is 0. The molecule has 0 aliphatic carbocycles. The Morgan fingerprint density at radius 3 is 1.92 bits per heavy atom. The van der Waals surface area contributed by atoms with E-state index in [9.17, 15) is 0 Å². The van der Waals surface area contributed by atoms with E-state index in [-0.39, 0.29) is 0 Å². The number of hydrogen-bond donors (Lipinski definition) is 0. The molecule has 0 saturated carbocycles. The van der Waals surface area contributed by atoms with Crippen molar-refractivity contribution in [3.05, 3.63) is 66.9 Å². The molecule has 3 aromatic rings. The van der Waals surface area contributed by atoms with Gasteiger partial charge in [0, 0.05) is 30.4 Å². The maximum Gasteiger partial charge on any atom is 0.225 e. The summed E-state index contributed by atoms with van der Waals surface area (Å²) in [6.45, 7) is 2.11. The van der Waals surface area contributed by atoms with Crippen LogP contribution in [0, 0.1) is 0 Å². The molecule has 25 heavy (non-hydrogen) atoms. The van der Waals surface area contributed by atoms with Gasteiger partial charge in [-0.15, -0.1) is 0 Å². The summed E-state index contributed by atoms with van der Waals surface area (Å²) in [6, 6.07) is 20.8. The molecule has 3 nitrogen and oxygen atoms in total. The molecule has 0 atom stereocenters. The average Bonchev–Trinajstić information content (AvgIpc) is 2.98. The van der Waals surface area contributed by atoms with E-state index in [2.05, 4.69) is 53.4 Å². The lowest BCUT2D eigenvalue weighted by Crippen LogP contribution is -2.26. The van der Waals surface area contributed by atoms with Crippen LogP contribution in [0.1, 0.15) is 25.7 Å². The smallest absolute Gasteiger partial charge is 0.225 e. The molecule has 0 unspecified atom stereocenters. The van der Waals surface area contributed by atoms with Crippen molar-refractivity contribution in [2.24, 2.45) is 0 Å². The molecule has 1 aliphatic rings. The van der Waals surface area contributed by atoms with Crippen LogP contribution in [-0.2, 0) is 0 Å². The van der Waals surface area contributed by atoms with Gasteiger partial charge in [0.2, 0.25) is 5.95 Å². The van der Waals surface area contributed by atoms with E-state index in [1.165, 1.54) is 25.7 Å². The lowest BCUT2D eigenvalue weighted by molar-refractivity contribution is 0.726. The van der Waals surface area contributed by atoms with Crippen LogP contribution in [0.15, 0.2) is 66.9 Å². The predicted octanol–water partition coefficient (Wildman–Crippen LogP) is 5.19. The molecule has 0 bridgehead atoms. The molecule has 1 fully saturated rings. The summed E-state index contributed by atoms with van der Waals surface area (Å²) in [5, 5.41) is 0. The SMILES string of the molecule is c1ccc(-c2cnc(N3CCCCCC3)nc2-c2ccccc2)cc1. The van der Waals surface area contributed by atoms with Crippen molar-refractivity contribution in [1.82, 2.24) is 9.97 Å². The zero-order valence-electron chi connectivity index (χ0n) is 14.4. The summed E-state index contributed by atoms with van der Waals surface area (Å²) < 4.78 is 0. The highest BCUT2D eigenvalue weighted by atomic mass is 15.2. The fourth-order valence-corrected chi connectivity index (χ4v) is 3.44. The largest absolute Gasteiger partial charge is 0.341 e. The first kappa shape index (κ1) is 15.8. The van der Waals surface area contributed by atoms with E-state index < -0.39 is 0 Å². The topological polar surface area (TPSA) is 29.0 Å². The maximum absolute atomic E-state index is 5.00. The molecule has 0 N–H and O–H groups in total. The number of nitrogens with zero attached hydrogens (tertiary/aromatic N) is 3. The van der Waals surface area contributed by atoms with Gasteiger partial charge in [-0.25, -0.2) is 9.97 Å². The van der Waals surface area contributed by atoms with Crippen molar-refractivity contribution < 1.29 is 0 Å². The third kappa shape index (κ3) is 3.55. The molecule has 3 heteroatoms. The molecule has 126 valence electrons. The van der Waals surface area contributed by atoms with Gasteiger partial charge in [-0.05, 0) is 18.4 Å². The minimum atomic E-state index is 0.862. The molecule has 1 aromatic heterocycles. The van der Waals surface area contributed by atoms with Crippen LogP contribution in [0.2, 0.25) is 0 Å². The molecule has 2 aromatic carbocycles. The summed E-state index contributed by atoms with van der Waals surface area (Å²) in [5.41, 5.74) is 4.40. The van der Waals surface area contributed by atoms with Crippen LogP contribution in [0.25, 0.3) is 22.4 Å². The zero-order chi connectivity index (χ0) is 16.9. The van der Waals surface area contributed by atoms with Crippen molar-refractivity contribution in [2.75, 3.05) is 18.0 Å². The van der Waals surface area contributed by atoms with E-state index in [1.54, 1.807) is 0 Å². The number of hydrogen-bond acceptors (Lipinski definition) is 3. The Labute approximate surface area is 149 Å². The van der Waals surface area contributed by atoms with Crippen molar-refractivity contribution >= 4 is 5.95 Å². The lowest BCUT2D eigenvalue weighted by atomic mass is 10.0. The Morgan fingerprint density at radius 1 is 0.680 bits per heavy atom.